The van der Waals surface area contributed by atoms with Crippen molar-refractivity contribution in [3.63, 3.8) is 0 Å². The van der Waals surface area contributed by atoms with Gasteiger partial charge in [0.05, 0.1) is 0 Å². The summed E-state index contributed by atoms with van der Waals surface area (Å²) in [6.07, 6.45) is 4.20. The van der Waals surface area contributed by atoms with Gasteiger partial charge in [-0.25, -0.2) is 0 Å². The summed E-state index contributed by atoms with van der Waals surface area (Å²) in [7, 11) is 0. The van der Waals surface area contributed by atoms with Gasteiger partial charge in [0.15, 0.2) is 0 Å². The van der Waals surface area contributed by atoms with Gasteiger partial charge in [0.25, 0.3) is 0 Å². The van der Waals surface area contributed by atoms with Gasteiger partial charge < -0.3 is 18.9 Å². The first-order valence-electron chi connectivity index (χ1n) is 8.55. The first kappa shape index (κ1) is 20.8. The van der Waals surface area contributed by atoms with E-state index in [1.54, 1.807) is 0 Å². The van der Waals surface area contributed by atoms with Crippen LogP contribution in [0.3, 0.4) is 0 Å². The fraction of sp³-hybridized carbons (Fsp3) is 1.00. The summed E-state index contributed by atoms with van der Waals surface area (Å²) in [5.41, 5.74) is 0.203. The summed E-state index contributed by atoms with van der Waals surface area (Å²) in [6.45, 7) is 14.5. The van der Waals surface area contributed by atoms with Crippen LogP contribution in [0.2, 0.25) is 0 Å². The Labute approximate surface area is 131 Å². The van der Waals surface area contributed by atoms with Crippen LogP contribution in [0.1, 0.15) is 53.4 Å². The lowest BCUT2D eigenvalue weighted by Crippen LogP contribution is -2.29. The van der Waals surface area contributed by atoms with E-state index in [4.69, 9.17) is 18.9 Å². The zero-order valence-electron chi connectivity index (χ0n) is 14.6. The molecule has 0 aromatic carbocycles. The van der Waals surface area contributed by atoms with Crippen molar-refractivity contribution in [2.45, 2.75) is 53.4 Å². The first-order chi connectivity index (χ1) is 10.2. The van der Waals surface area contributed by atoms with Crippen LogP contribution in [0.5, 0.6) is 0 Å². The smallest absolute Gasteiger partial charge is 0.0471 e. The molecule has 0 aromatic heterocycles. The number of hydrogen-bond donors (Lipinski definition) is 0. The molecule has 4 nitrogen and oxygen atoms in total. The predicted molar refractivity (Wildman–Crippen MR) is 86.9 cm³/mol. The van der Waals surface area contributed by atoms with Crippen molar-refractivity contribution in [2.75, 3.05) is 52.9 Å². The highest BCUT2D eigenvalue weighted by molar-refractivity contribution is 4.79. The molecule has 0 heterocycles. The standard InChI is InChI=1S/C17H36O4/c1-5-18-13-9-17(10-14-19-6-2,11-15-20-7-3)12-16-21-8-4/h5-16H2,1-4H3. The highest BCUT2D eigenvalue weighted by atomic mass is 16.5. The lowest BCUT2D eigenvalue weighted by atomic mass is 9.76. The normalized spacial score (nSPS) is 12.0. The van der Waals surface area contributed by atoms with Crippen molar-refractivity contribution in [2.24, 2.45) is 5.41 Å². The minimum Gasteiger partial charge on any atom is -0.382 e. The molecule has 0 unspecified atom stereocenters. The highest BCUT2D eigenvalue weighted by Gasteiger charge is 2.29. The molecule has 4 heteroatoms. The van der Waals surface area contributed by atoms with Gasteiger partial charge in [0.2, 0.25) is 0 Å². The zero-order valence-corrected chi connectivity index (χ0v) is 14.6. The molecular weight excluding hydrogens is 268 g/mol. The van der Waals surface area contributed by atoms with Gasteiger partial charge in [-0.2, -0.15) is 0 Å². The van der Waals surface area contributed by atoms with Crippen LogP contribution in [0.15, 0.2) is 0 Å². The molecule has 0 atom stereocenters. The van der Waals surface area contributed by atoms with Gasteiger partial charge in [0, 0.05) is 52.9 Å². The first-order valence-corrected chi connectivity index (χ1v) is 8.55. The summed E-state index contributed by atoms with van der Waals surface area (Å²) in [6, 6.07) is 0. The quantitative estimate of drug-likeness (QED) is 0.408. The average Bonchev–Trinajstić information content (AvgIpc) is 2.48. The molecule has 0 aliphatic heterocycles. The molecule has 0 aliphatic rings. The number of rotatable bonds is 16. The van der Waals surface area contributed by atoms with Crippen molar-refractivity contribution >= 4 is 0 Å². The van der Waals surface area contributed by atoms with E-state index in [0.29, 0.717) is 0 Å². The van der Waals surface area contributed by atoms with E-state index >= 15 is 0 Å². The number of hydrogen-bond acceptors (Lipinski definition) is 4. The van der Waals surface area contributed by atoms with Crippen molar-refractivity contribution in [3.05, 3.63) is 0 Å². The summed E-state index contributed by atoms with van der Waals surface area (Å²) < 4.78 is 22.3. The largest absolute Gasteiger partial charge is 0.382 e. The highest BCUT2D eigenvalue weighted by Crippen LogP contribution is 2.35. The summed E-state index contributed by atoms with van der Waals surface area (Å²) in [4.78, 5) is 0. The van der Waals surface area contributed by atoms with E-state index in [2.05, 4.69) is 0 Å². The predicted octanol–water partition coefficient (Wildman–Crippen LogP) is 3.68. The van der Waals surface area contributed by atoms with Crippen molar-refractivity contribution in [1.29, 1.82) is 0 Å². The summed E-state index contributed by atoms with van der Waals surface area (Å²) >= 11 is 0. The minimum atomic E-state index is 0.203. The third-order valence-electron chi connectivity index (χ3n) is 3.92. The maximum absolute atomic E-state index is 5.59. The number of ether oxygens (including phenoxy) is 4. The van der Waals surface area contributed by atoms with Crippen LogP contribution < -0.4 is 0 Å². The van der Waals surface area contributed by atoms with Crippen LogP contribution in [0.4, 0.5) is 0 Å². The average molecular weight is 304 g/mol. The van der Waals surface area contributed by atoms with E-state index < -0.39 is 0 Å². The Morgan fingerprint density at radius 1 is 0.476 bits per heavy atom. The second-order valence-electron chi connectivity index (χ2n) is 5.29. The summed E-state index contributed by atoms with van der Waals surface area (Å²) in [5.74, 6) is 0. The minimum absolute atomic E-state index is 0.203. The van der Waals surface area contributed by atoms with E-state index in [-0.39, 0.29) is 5.41 Å². The molecule has 0 bridgehead atoms. The molecule has 0 saturated carbocycles. The van der Waals surface area contributed by atoms with Crippen molar-refractivity contribution in [1.82, 2.24) is 0 Å². The summed E-state index contributed by atoms with van der Waals surface area (Å²) in [5, 5.41) is 0. The monoisotopic (exact) mass is 304 g/mol. The van der Waals surface area contributed by atoms with E-state index in [1.807, 2.05) is 27.7 Å². The molecule has 0 radical (unpaired) electrons. The molecule has 0 amide bonds. The maximum Gasteiger partial charge on any atom is 0.0471 e. The molecule has 21 heavy (non-hydrogen) atoms. The molecule has 0 aliphatic carbocycles. The van der Waals surface area contributed by atoms with E-state index in [9.17, 15) is 0 Å². The Bertz CT molecular complexity index is 163. The van der Waals surface area contributed by atoms with E-state index in [1.165, 1.54) is 0 Å². The van der Waals surface area contributed by atoms with Crippen LogP contribution in [0.25, 0.3) is 0 Å². The molecule has 0 rings (SSSR count). The van der Waals surface area contributed by atoms with Crippen LogP contribution in [0, 0.1) is 5.41 Å². The lowest BCUT2D eigenvalue weighted by Gasteiger charge is -2.34. The Kier molecular flexibility index (Phi) is 14.7. The molecule has 0 fully saturated rings. The SMILES string of the molecule is CCOCCC(CCOCC)(CCOCC)CCOCC. The second kappa shape index (κ2) is 14.8. The topological polar surface area (TPSA) is 36.9 Å². The molecule has 128 valence electrons. The molecule has 0 saturated heterocycles. The molecule has 0 spiro atoms. The van der Waals surface area contributed by atoms with Gasteiger partial charge in [-0.15, -0.1) is 0 Å². The molecule has 0 aromatic rings. The van der Waals surface area contributed by atoms with Gasteiger partial charge in [-0.05, 0) is 58.8 Å². The zero-order chi connectivity index (χ0) is 15.8. The fourth-order valence-corrected chi connectivity index (χ4v) is 2.48. The van der Waals surface area contributed by atoms with Crippen LogP contribution in [-0.4, -0.2) is 52.9 Å². The van der Waals surface area contributed by atoms with Crippen molar-refractivity contribution < 1.29 is 18.9 Å². The Morgan fingerprint density at radius 2 is 0.714 bits per heavy atom. The molecule has 0 N–H and O–H groups in total. The van der Waals surface area contributed by atoms with Gasteiger partial charge >= 0.3 is 0 Å². The van der Waals surface area contributed by atoms with Gasteiger partial charge in [-0.1, -0.05) is 0 Å². The third kappa shape index (κ3) is 11.1. The maximum atomic E-state index is 5.59. The second-order valence-corrected chi connectivity index (χ2v) is 5.29. The van der Waals surface area contributed by atoms with Gasteiger partial charge in [0.1, 0.15) is 0 Å². The van der Waals surface area contributed by atoms with Crippen LogP contribution >= 0.6 is 0 Å². The molecular formula is C17H36O4. The van der Waals surface area contributed by atoms with Gasteiger partial charge in [-0.3, -0.25) is 0 Å². The van der Waals surface area contributed by atoms with Crippen LogP contribution in [-0.2, 0) is 18.9 Å². The third-order valence-corrected chi connectivity index (χ3v) is 3.92. The Hall–Kier alpha value is -0.160. The Balaban J connectivity index is 4.52. The van der Waals surface area contributed by atoms with Crippen molar-refractivity contribution in [3.8, 4) is 0 Å². The van der Waals surface area contributed by atoms with E-state index in [0.717, 1.165) is 78.5 Å². The lowest BCUT2D eigenvalue weighted by molar-refractivity contribution is 0.0134. The fourth-order valence-electron chi connectivity index (χ4n) is 2.48. The Morgan fingerprint density at radius 3 is 0.905 bits per heavy atom.